The molecule has 1 aliphatic rings. The van der Waals surface area contributed by atoms with Gasteiger partial charge in [-0.1, -0.05) is 38.0 Å². The topological polar surface area (TPSA) is 81.1 Å². The molecule has 2 amide bonds. The molecule has 2 aromatic carbocycles. The summed E-state index contributed by atoms with van der Waals surface area (Å²) in [4.78, 5) is 26.6. The number of aliphatic hydroxyl groups is 1. The smallest absolute Gasteiger partial charge is 0.264 e. The minimum atomic E-state index is -1.48. The second kappa shape index (κ2) is 7.17. The first-order chi connectivity index (χ1) is 12.5. The first kappa shape index (κ1) is 17.9. The van der Waals surface area contributed by atoms with E-state index < -0.39 is 23.8 Å². The van der Waals surface area contributed by atoms with Crippen molar-refractivity contribution in [3.8, 4) is 5.75 Å². The van der Waals surface area contributed by atoms with Crippen LogP contribution in [0, 0.1) is 5.41 Å². The summed E-state index contributed by atoms with van der Waals surface area (Å²) in [5, 5.41) is 22.2. The summed E-state index contributed by atoms with van der Waals surface area (Å²) in [7, 11) is 0. The zero-order chi connectivity index (χ0) is 18.7. The van der Waals surface area contributed by atoms with Crippen molar-refractivity contribution in [3.05, 3.63) is 54.6 Å². The number of amides is 2. The lowest BCUT2D eigenvalue weighted by molar-refractivity contribution is -0.138. The van der Waals surface area contributed by atoms with Gasteiger partial charge in [0.2, 0.25) is 0 Å². The van der Waals surface area contributed by atoms with Gasteiger partial charge in [0.25, 0.3) is 11.8 Å². The predicted octanol–water partition coefficient (Wildman–Crippen LogP) is 2.86. The van der Waals surface area contributed by atoms with Crippen molar-refractivity contribution < 1.29 is 19.8 Å². The standard InChI is InChI=1S/C20H22N2O4/c1-2-3-13-20(14-23)18(25)21(15-7-5-4-6-8-15)22(19(20)26)16-9-11-17(24)12-10-16/h4-12,23-24H,2-3,13-14H2,1H3. The number of nitrogens with zero attached hydrogens (tertiary/aromatic N) is 2. The molecule has 1 heterocycles. The molecule has 0 bridgehead atoms. The van der Waals surface area contributed by atoms with Crippen molar-refractivity contribution in [2.45, 2.75) is 26.2 Å². The molecule has 0 saturated carbocycles. The second-order valence-corrected chi connectivity index (χ2v) is 6.43. The van der Waals surface area contributed by atoms with E-state index in [2.05, 4.69) is 0 Å². The van der Waals surface area contributed by atoms with E-state index in [0.29, 0.717) is 17.8 Å². The Hall–Kier alpha value is -2.86. The van der Waals surface area contributed by atoms with E-state index in [4.69, 9.17) is 0 Å². The Kier molecular flexibility index (Phi) is 4.95. The van der Waals surface area contributed by atoms with Crippen molar-refractivity contribution >= 4 is 23.2 Å². The third kappa shape index (κ3) is 2.82. The van der Waals surface area contributed by atoms with Gasteiger partial charge in [0.05, 0.1) is 18.0 Å². The highest BCUT2D eigenvalue weighted by Gasteiger charge is 2.58. The third-order valence-corrected chi connectivity index (χ3v) is 4.73. The fraction of sp³-hybridized carbons (Fsp3) is 0.300. The van der Waals surface area contributed by atoms with Crippen LogP contribution in [0.3, 0.4) is 0 Å². The highest BCUT2D eigenvalue weighted by atomic mass is 16.3. The number of unbranched alkanes of at least 4 members (excludes halogenated alkanes) is 1. The molecule has 26 heavy (non-hydrogen) atoms. The minimum absolute atomic E-state index is 0.0670. The number of anilines is 2. The summed E-state index contributed by atoms with van der Waals surface area (Å²) in [5.41, 5.74) is -0.480. The van der Waals surface area contributed by atoms with Crippen molar-refractivity contribution in [2.75, 3.05) is 16.6 Å². The van der Waals surface area contributed by atoms with Crippen molar-refractivity contribution in [1.82, 2.24) is 0 Å². The van der Waals surface area contributed by atoms with Crippen molar-refractivity contribution in [1.29, 1.82) is 0 Å². The normalized spacial score (nSPS) is 20.1. The molecule has 1 saturated heterocycles. The Labute approximate surface area is 152 Å². The summed E-state index contributed by atoms with van der Waals surface area (Å²) in [6.45, 7) is 1.43. The van der Waals surface area contributed by atoms with Crippen LogP contribution in [0.1, 0.15) is 26.2 Å². The maximum absolute atomic E-state index is 13.3. The van der Waals surface area contributed by atoms with E-state index in [1.807, 2.05) is 13.0 Å². The molecule has 6 heteroatoms. The Balaban J connectivity index is 2.13. The van der Waals surface area contributed by atoms with Crippen LogP contribution < -0.4 is 10.0 Å². The maximum Gasteiger partial charge on any atom is 0.264 e. The predicted molar refractivity (Wildman–Crippen MR) is 98.6 cm³/mol. The minimum Gasteiger partial charge on any atom is -0.508 e. The molecule has 2 aromatic rings. The monoisotopic (exact) mass is 354 g/mol. The molecule has 6 nitrogen and oxygen atoms in total. The van der Waals surface area contributed by atoms with Gasteiger partial charge >= 0.3 is 0 Å². The van der Waals surface area contributed by atoms with Gasteiger partial charge < -0.3 is 10.2 Å². The molecule has 1 unspecified atom stereocenters. The number of hydrazine groups is 1. The maximum atomic E-state index is 13.3. The fourth-order valence-corrected chi connectivity index (χ4v) is 3.21. The van der Waals surface area contributed by atoms with Gasteiger partial charge in [-0.15, -0.1) is 0 Å². The highest BCUT2D eigenvalue weighted by molar-refractivity contribution is 6.26. The molecule has 0 spiro atoms. The summed E-state index contributed by atoms with van der Waals surface area (Å²) in [6, 6.07) is 14.9. The van der Waals surface area contributed by atoms with Gasteiger partial charge in [0, 0.05) is 0 Å². The highest BCUT2D eigenvalue weighted by Crippen LogP contribution is 2.41. The van der Waals surface area contributed by atoms with E-state index in [1.54, 1.807) is 36.4 Å². The molecule has 1 fully saturated rings. The molecule has 0 radical (unpaired) electrons. The average Bonchev–Trinajstić information content (AvgIpc) is 2.89. The number of hydrogen-bond donors (Lipinski definition) is 2. The van der Waals surface area contributed by atoms with E-state index in [0.717, 1.165) is 6.42 Å². The van der Waals surface area contributed by atoms with Crippen molar-refractivity contribution in [2.24, 2.45) is 5.41 Å². The zero-order valence-electron chi connectivity index (χ0n) is 14.6. The van der Waals surface area contributed by atoms with E-state index in [9.17, 15) is 19.8 Å². The third-order valence-electron chi connectivity index (χ3n) is 4.73. The average molecular weight is 354 g/mol. The number of benzene rings is 2. The van der Waals surface area contributed by atoms with Crippen LogP contribution in [0.5, 0.6) is 5.75 Å². The van der Waals surface area contributed by atoms with Gasteiger partial charge in [0.1, 0.15) is 5.75 Å². The number of rotatable bonds is 6. The van der Waals surface area contributed by atoms with Crippen LogP contribution in [0.15, 0.2) is 54.6 Å². The number of phenolic OH excluding ortho intramolecular Hbond substituents is 1. The lowest BCUT2D eigenvalue weighted by atomic mass is 9.82. The Bertz CT molecular complexity index is 791. The van der Waals surface area contributed by atoms with Gasteiger partial charge in [-0.05, 0) is 42.8 Å². The molecule has 1 aliphatic heterocycles. The van der Waals surface area contributed by atoms with E-state index in [1.165, 1.54) is 22.2 Å². The van der Waals surface area contributed by atoms with E-state index in [-0.39, 0.29) is 12.2 Å². The molecule has 0 aromatic heterocycles. The fourth-order valence-electron chi connectivity index (χ4n) is 3.21. The molecule has 0 aliphatic carbocycles. The number of hydrogen-bond acceptors (Lipinski definition) is 4. The number of aromatic hydroxyl groups is 1. The lowest BCUT2D eigenvalue weighted by Gasteiger charge is -2.27. The Morgan fingerprint density at radius 1 is 0.885 bits per heavy atom. The van der Waals surface area contributed by atoms with Crippen LogP contribution in [-0.4, -0.2) is 28.6 Å². The first-order valence-electron chi connectivity index (χ1n) is 8.69. The number of para-hydroxylation sites is 1. The Morgan fingerprint density at radius 2 is 1.42 bits per heavy atom. The Morgan fingerprint density at radius 3 is 1.92 bits per heavy atom. The SMILES string of the molecule is CCCCC1(CO)C(=O)N(c2ccccc2)N(c2ccc(O)cc2)C1=O. The molecular formula is C20H22N2O4. The quantitative estimate of drug-likeness (QED) is 0.782. The lowest BCUT2D eigenvalue weighted by Crippen LogP contribution is -2.41. The van der Waals surface area contributed by atoms with Gasteiger partial charge in [-0.25, -0.2) is 10.0 Å². The number of carbonyl (C=O) groups excluding carboxylic acids is 2. The summed E-state index contributed by atoms with van der Waals surface area (Å²) in [5.74, 6) is -0.817. The zero-order valence-corrected chi connectivity index (χ0v) is 14.6. The van der Waals surface area contributed by atoms with Crippen LogP contribution in [0.2, 0.25) is 0 Å². The molecule has 1 atom stereocenters. The summed E-state index contributed by atoms with van der Waals surface area (Å²) < 4.78 is 0. The molecule has 136 valence electrons. The molecule has 3 rings (SSSR count). The summed E-state index contributed by atoms with van der Waals surface area (Å²) in [6.07, 6.45) is 1.76. The number of phenols is 1. The van der Waals surface area contributed by atoms with Crippen LogP contribution in [0.25, 0.3) is 0 Å². The van der Waals surface area contributed by atoms with Gasteiger partial charge in [-0.3, -0.25) is 9.59 Å². The van der Waals surface area contributed by atoms with Crippen LogP contribution >= 0.6 is 0 Å². The summed E-state index contributed by atoms with van der Waals surface area (Å²) >= 11 is 0. The first-order valence-corrected chi connectivity index (χ1v) is 8.69. The van der Waals surface area contributed by atoms with E-state index >= 15 is 0 Å². The van der Waals surface area contributed by atoms with Gasteiger partial charge in [0.15, 0.2) is 5.41 Å². The molecular weight excluding hydrogens is 332 g/mol. The van der Waals surface area contributed by atoms with Crippen LogP contribution in [-0.2, 0) is 9.59 Å². The van der Waals surface area contributed by atoms with Crippen molar-refractivity contribution in [3.63, 3.8) is 0 Å². The van der Waals surface area contributed by atoms with Gasteiger partial charge in [-0.2, -0.15) is 0 Å². The number of carbonyl (C=O) groups is 2. The molecule has 2 N–H and O–H groups in total. The number of aliphatic hydroxyl groups excluding tert-OH is 1. The largest absolute Gasteiger partial charge is 0.508 e. The second-order valence-electron chi connectivity index (χ2n) is 6.43. The van der Waals surface area contributed by atoms with Crippen LogP contribution in [0.4, 0.5) is 11.4 Å².